The number of amides is 1. The van der Waals surface area contributed by atoms with Gasteiger partial charge in [-0.2, -0.15) is 4.31 Å². The van der Waals surface area contributed by atoms with Crippen molar-refractivity contribution in [1.29, 1.82) is 0 Å². The number of nitrogens with zero attached hydrogens (tertiary/aromatic N) is 2. The summed E-state index contributed by atoms with van der Waals surface area (Å²) < 4.78 is 38.1. The molecule has 0 aliphatic carbocycles. The van der Waals surface area contributed by atoms with Crippen LogP contribution in [0, 0.1) is 0 Å². The van der Waals surface area contributed by atoms with E-state index in [1.165, 1.54) is 16.1 Å². The molecule has 0 saturated carbocycles. The molecule has 140 valence electrons. The Morgan fingerprint density at radius 1 is 1.28 bits per heavy atom. The molecular weight excluding hydrogens is 344 g/mol. The summed E-state index contributed by atoms with van der Waals surface area (Å²) >= 11 is 0. The molecular formula is C17H26N2O5S. The van der Waals surface area contributed by atoms with Gasteiger partial charge in [-0.15, -0.1) is 0 Å². The van der Waals surface area contributed by atoms with Crippen LogP contribution in [0.1, 0.15) is 31.4 Å². The second kappa shape index (κ2) is 7.61. The molecule has 25 heavy (non-hydrogen) atoms. The standard InChI is InChI=1S/C17H26N2O5S/c1-12(17(20)18(2)3)25(21,22)19-10-6-7-15(19)14-9-8-13(23-4)11-16(14)24-5/h8-9,11-12,15H,6-7,10H2,1-5H3/t12-,15+/m0/s1. The van der Waals surface area contributed by atoms with Gasteiger partial charge in [0.15, 0.2) is 5.25 Å². The molecule has 1 saturated heterocycles. The predicted molar refractivity (Wildman–Crippen MR) is 95.3 cm³/mol. The highest BCUT2D eigenvalue weighted by Crippen LogP contribution is 2.40. The van der Waals surface area contributed by atoms with E-state index in [1.807, 2.05) is 6.07 Å². The van der Waals surface area contributed by atoms with E-state index in [9.17, 15) is 13.2 Å². The first-order valence-corrected chi connectivity index (χ1v) is 9.68. The van der Waals surface area contributed by atoms with Crippen LogP contribution in [0.15, 0.2) is 18.2 Å². The van der Waals surface area contributed by atoms with Gasteiger partial charge in [-0.1, -0.05) is 6.07 Å². The maximum absolute atomic E-state index is 13.0. The molecule has 1 fully saturated rings. The minimum absolute atomic E-state index is 0.344. The summed E-state index contributed by atoms with van der Waals surface area (Å²) in [6, 6.07) is 5.01. The Morgan fingerprint density at radius 2 is 1.96 bits per heavy atom. The van der Waals surface area contributed by atoms with Gasteiger partial charge < -0.3 is 14.4 Å². The molecule has 0 unspecified atom stereocenters. The van der Waals surface area contributed by atoms with Gasteiger partial charge in [-0.3, -0.25) is 4.79 Å². The van der Waals surface area contributed by atoms with E-state index in [0.717, 1.165) is 12.0 Å². The minimum atomic E-state index is -3.77. The largest absolute Gasteiger partial charge is 0.497 e. The van der Waals surface area contributed by atoms with Crippen molar-refractivity contribution in [2.75, 3.05) is 34.9 Å². The Kier molecular flexibility index (Phi) is 5.95. The van der Waals surface area contributed by atoms with E-state index in [1.54, 1.807) is 40.4 Å². The number of carbonyl (C=O) groups excluding carboxylic acids is 1. The van der Waals surface area contributed by atoms with Crippen LogP contribution in [0.5, 0.6) is 11.5 Å². The molecule has 7 nitrogen and oxygen atoms in total. The second-order valence-electron chi connectivity index (χ2n) is 6.30. The van der Waals surface area contributed by atoms with Crippen molar-refractivity contribution in [1.82, 2.24) is 9.21 Å². The molecule has 1 aliphatic rings. The van der Waals surface area contributed by atoms with E-state index in [4.69, 9.17) is 9.47 Å². The number of hydrogen-bond donors (Lipinski definition) is 0. The molecule has 2 rings (SSSR count). The number of carbonyl (C=O) groups is 1. The van der Waals surface area contributed by atoms with Gasteiger partial charge in [0.2, 0.25) is 15.9 Å². The first-order chi connectivity index (χ1) is 11.7. The zero-order valence-corrected chi connectivity index (χ0v) is 16.2. The molecule has 1 aliphatic heterocycles. The molecule has 1 amide bonds. The lowest BCUT2D eigenvalue weighted by Gasteiger charge is -2.29. The predicted octanol–water partition coefficient (Wildman–Crippen LogP) is 1.65. The molecule has 0 bridgehead atoms. The molecule has 0 spiro atoms. The zero-order chi connectivity index (χ0) is 18.8. The smallest absolute Gasteiger partial charge is 0.241 e. The molecule has 1 aromatic rings. The van der Waals surface area contributed by atoms with Crippen LogP contribution in [-0.2, 0) is 14.8 Å². The van der Waals surface area contributed by atoms with Crippen molar-refractivity contribution < 1.29 is 22.7 Å². The first-order valence-electron chi connectivity index (χ1n) is 8.17. The van der Waals surface area contributed by atoms with E-state index in [-0.39, 0.29) is 6.04 Å². The van der Waals surface area contributed by atoms with Gasteiger partial charge in [-0.25, -0.2) is 8.42 Å². The van der Waals surface area contributed by atoms with Crippen LogP contribution in [0.2, 0.25) is 0 Å². The second-order valence-corrected chi connectivity index (χ2v) is 8.50. The summed E-state index contributed by atoms with van der Waals surface area (Å²) in [5.74, 6) is 0.801. The lowest BCUT2D eigenvalue weighted by molar-refractivity contribution is -0.128. The summed E-state index contributed by atoms with van der Waals surface area (Å²) in [7, 11) is 2.46. The summed E-state index contributed by atoms with van der Waals surface area (Å²) in [5, 5.41) is -1.12. The third-order valence-electron chi connectivity index (χ3n) is 4.57. The average molecular weight is 370 g/mol. The Morgan fingerprint density at radius 3 is 2.52 bits per heavy atom. The van der Waals surface area contributed by atoms with Crippen LogP contribution in [0.4, 0.5) is 0 Å². The van der Waals surface area contributed by atoms with Crippen molar-refractivity contribution in [3.05, 3.63) is 23.8 Å². The third kappa shape index (κ3) is 3.74. The summed E-state index contributed by atoms with van der Waals surface area (Å²) in [5.41, 5.74) is 0.786. The molecule has 0 aromatic heterocycles. The number of hydrogen-bond acceptors (Lipinski definition) is 5. The van der Waals surface area contributed by atoms with Crippen LogP contribution in [0.3, 0.4) is 0 Å². The first kappa shape index (κ1) is 19.5. The fourth-order valence-electron chi connectivity index (χ4n) is 3.14. The Balaban J connectivity index is 2.39. The molecule has 1 aromatic carbocycles. The molecule has 0 N–H and O–H groups in total. The van der Waals surface area contributed by atoms with Crippen LogP contribution in [0.25, 0.3) is 0 Å². The van der Waals surface area contributed by atoms with E-state index in [0.29, 0.717) is 24.5 Å². The lowest BCUT2D eigenvalue weighted by atomic mass is 10.0. The van der Waals surface area contributed by atoms with E-state index < -0.39 is 21.2 Å². The lowest BCUT2D eigenvalue weighted by Crippen LogP contribution is -2.44. The Hall–Kier alpha value is -1.80. The van der Waals surface area contributed by atoms with Gasteiger partial charge in [0, 0.05) is 32.3 Å². The van der Waals surface area contributed by atoms with Crippen LogP contribution in [-0.4, -0.2) is 63.6 Å². The summed E-state index contributed by atoms with van der Waals surface area (Å²) in [4.78, 5) is 13.5. The monoisotopic (exact) mass is 370 g/mol. The fourth-order valence-corrected chi connectivity index (χ4v) is 4.97. The number of ether oxygens (including phenoxy) is 2. The van der Waals surface area contributed by atoms with Crippen molar-refractivity contribution in [2.45, 2.75) is 31.1 Å². The highest BCUT2D eigenvalue weighted by molar-refractivity contribution is 7.90. The highest BCUT2D eigenvalue weighted by atomic mass is 32.2. The molecule has 8 heteroatoms. The number of methoxy groups -OCH3 is 2. The van der Waals surface area contributed by atoms with Gasteiger partial charge in [-0.05, 0) is 25.8 Å². The summed E-state index contributed by atoms with van der Waals surface area (Å²) in [6.07, 6.45) is 1.42. The highest BCUT2D eigenvalue weighted by Gasteiger charge is 2.42. The molecule has 2 atom stereocenters. The van der Waals surface area contributed by atoms with Crippen LogP contribution >= 0.6 is 0 Å². The fraction of sp³-hybridized carbons (Fsp3) is 0.588. The van der Waals surface area contributed by atoms with E-state index in [2.05, 4.69) is 0 Å². The Labute approximate surface area is 149 Å². The van der Waals surface area contributed by atoms with E-state index >= 15 is 0 Å². The molecule has 1 heterocycles. The SMILES string of the molecule is COc1ccc([C@H]2CCCN2S(=O)(=O)[C@@H](C)C(=O)N(C)C)c(OC)c1. The van der Waals surface area contributed by atoms with Crippen molar-refractivity contribution in [2.24, 2.45) is 0 Å². The van der Waals surface area contributed by atoms with Crippen molar-refractivity contribution in [3.63, 3.8) is 0 Å². The number of sulfonamides is 1. The van der Waals surface area contributed by atoms with Crippen molar-refractivity contribution in [3.8, 4) is 11.5 Å². The normalized spacial score (nSPS) is 19.5. The van der Waals surface area contributed by atoms with Crippen molar-refractivity contribution >= 4 is 15.9 Å². The van der Waals surface area contributed by atoms with Gasteiger partial charge in [0.25, 0.3) is 0 Å². The Bertz CT molecular complexity index is 733. The van der Waals surface area contributed by atoms with Gasteiger partial charge in [0.1, 0.15) is 11.5 Å². The minimum Gasteiger partial charge on any atom is -0.497 e. The van der Waals surface area contributed by atoms with Gasteiger partial charge >= 0.3 is 0 Å². The van der Waals surface area contributed by atoms with Gasteiger partial charge in [0.05, 0.1) is 20.3 Å². The topological polar surface area (TPSA) is 76.2 Å². The number of rotatable bonds is 6. The third-order valence-corrected chi connectivity index (χ3v) is 6.75. The van der Waals surface area contributed by atoms with Crippen LogP contribution < -0.4 is 9.47 Å². The summed E-state index contributed by atoms with van der Waals surface area (Å²) in [6.45, 7) is 1.84. The maximum atomic E-state index is 13.0. The number of benzene rings is 1. The molecule has 0 radical (unpaired) electrons. The zero-order valence-electron chi connectivity index (χ0n) is 15.4. The average Bonchev–Trinajstić information content (AvgIpc) is 3.09. The quantitative estimate of drug-likeness (QED) is 0.761. The maximum Gasteiger partial charge on any atom is 0.241 e.